The standard InChI is InChI=1S/2C44H30N2.C34H22N2/c1-2-10-33(11-3-1)46-42-17-9-7-15-38(42)44-37-14-5-4-12-34(37)39(27-43(44)46)32-21-20-28-24-29(18-19-30(28)25-32)31-22-23-36-35-13-6-8-16-40(35)45-41(36)26-31;1-3-4-13-28(2)46-42-21-12-10-19-38(42)44-37-18-8-7-16-33(37)39(27-43(44)46)34-25-24-30(31-14-5-6-15-32(31)34)29-22-23-36-35-17-9-11-20-40(35)45-41(36)26-29;1-2-10-23(11-3-1)36-32-17-9-7-13-25(32)29-20-22(18-19-33(29)36)28-21-31-34(26-14-5-4-12-24(26)28)27-15-6-8-16-30(27)35-31/h1-2,4-10,12-27,45H,3,11H2;3-27,45H,1-2H2;1-21,35H/b;13-4-;. The van der Waals surface area contributed by atoms with Crippen molar-refractivity contribution >= 4 is 196 Å². The Morgan fingerprint density at radius 2 is 0.688 bits per heavy atom. The summed E-state index contributed by atoms with van der Waals surface area (Å²) in [5.41, 5.74) is 30.1. The molecule has 0 fully saturated rings. The van der Waals surface area contributed by atoms with Crippen molar-refractivity contribution in [3.05, 3.63) is 444 Å². The summed E-state index contributed by atoms with van der Waals surface area (Å²) in [5, 5.41) is 27.9. The zero-order valence-corrected chi connectivity index (χ0v) is 70.2. The first-order chi connectivity index (χ1) is 63.4. The minimum atomic E-state index is 0.903. The van der Waals surface area contributed by atoms with Crippen molar-refractivity contribution in [3.63, 3.8) is 0 Å². The summed E-state index contributed by atoms with van der Waals surface area (Å²) in [7, 11) is 0. The lowest BCUT2D eigenvalue weighted by molar-refractivity contribution is 0.979. The predicted molar refractivity (Wildman–Crippen MR) is 550 cm³/mol. The van der Waals surface area contributed by atoms with Crippen LogP contribution in [0.2, 0.25) is 0 Å². The molecule has 128 heavy (non-hydrogen) atoms. The zero-order valence-electron chi connectivity index (χ0n) is 70.2. The highest BCUT2D eigenvalue weighted by molar-refractivity contribution is 6.29. The second kappa shape index (κ2) is 30.0. The normalized spacial score (nSPS) is 12.5. The fraction of sp³-hybridized carbons (Fsp3) is 0.0164. The van der Waals surface area contributed by atoms with Crippen LogP contribution in [0.15, 0.2) is 444 Å². The summed E-state index contributed by atoms with van der Waals surface area (Å²) in [4.78, 5) is 10.9. The number of para-hydroxylation sites is 7. The smallest absolute Gasteiger partial charge is 0.0553 e. The highest BCUT2D eigenvalue weighted by atomic mass is 15.0. The van der Waals surface area contributed by atoms with Gasteiger partial charge in [0, 0.05) is 115 Å². The Bertz CT molecular complexity index is 9260. The van der Waals surface area contributed by atoms with Crippen LogP contribution in [0.5, 0.6) is 0 Å². The summed E-state index contributed by atoms with van der Waals surface area (Å²) < 4.78 is 7.15. The van der Waals surface area contributed by atoms with Crippen LogP contribution in [0.1, 0.15) is 12.8 Å². The Balaban J connectivity index is 0.000000105. The molecule has 1 aliphatic rings. The molecule has 26 aromatic rings. The van der Waals surface area contributed by atoms with Gasteiger partial charge >= 0.3 is 0 Å². The molecule has 0 unspecified atom stereocenters. The molecule has 0 atom stereocenters. The third-order valence-electron chi connectivity index (χ3n) is 26.9. The van der Waals surface area contributed by atoms with Crippen molar-refractivity contribution in [1.29, 1.82) is 0 Å². The van der Waals surface area contributed by atoms with Crippen molar-refractivity contribution in [2.75, 3.05) is 0 Å². The molecule has 0 radical (unpaired) electrons. The Hall–Kier alpha value is -16.8. The summed E-state index contributed by atoms with van der Waals surface area (Å²) in [5.74, 6) is 0. The average Bonchev–Trinajstić information content (AvgIpc) is 1.55. The molecule has 0 saturated heterocycles. The number of nitrogens with zero attached hydrogens (tertiary/aromatic N) is 3. The van der Waals surface area contributed by atoms with E-state index in [1.165, 1.54) is 230 Å². The molecule has 0 saturated carbocycles. The number of fused-ring (bicyclic) bond motifs is 26. The van der Waals surface area contributed by atoms with Gasteiger partial charge in [-0.25, -0.2) is 0 Å². The number of allylic oxidation sites excluding steroid dienone is 8. The first kappa shape index (κ1) is 73.9. The summed E-state index contributed by atoms with van der Waals surface area (Å²) >= 11 is 0. The van der Waals surface area contributed by atoms with Gasteiger partial charge in [-0.3, -0.25) is 0 Å². The molecule has 0 aliphatic heterocycles. The van der Waals surface area contributed by atoms with Gasteiger partial charge in [0.2, 0.25) is 0 Å². The average molecular weight is 1630 g/mol. The highest BCUT2D eigenvalue weighted by Gasteiger charge is 2.24. The van der Waals surface area contributed by atoms with Gasteiger partial charge in [-0.2, -0.15) is 0 Å². The molecule has 3 N–H and O–H groups in total. The largest absolute Gasteiger partial charge is 0.354 e. The lowest BCUT2D eigenvalue weighted by atomic mass is 9.89. The number of rotatable bonds is 10. The van der Waals surface area contributed by atoms with Crippen LogP contribution in [0.3, 0.4) is 0 Å². The van der Waals surface area contributed by atoms with E-state index < -0.39 is 0 Å². The van der Waals surface area contributed by atoms with Gasteiger partial charge in [0.25, 0.3) is 0 Å². The first-order valence-corrected chi connectivity index (χ1v) is 44.2. The van der Waals surface area contributed by atoms with Crippen LogP contribution in [0.4, 0.5) is 0 Å². The van der Waals surface area contributed by atoms with Gasteiger partial charge in [-0.15, -0.1) is 0 Å². The van der Waals surface area contributed by atoms with Gasteiger partial charge < -0.3 is 28.7 Å². The van der Waals surface area contributed by atoms with Crippen LogP contribution in [0, 0.1) is 0 Å². The minimum absolute atomic E-state index is 0.903. The monoisotopic (exact) mass is 1630 g/mol. The van der Waals surface area contributed by atoms with Crippen LogP contribution in [0.25, 0.3) is 257 Å². The zero-order chi connectivity index (χ0) is 84.6. The first-order valence-electron chi connectivity index (χ1n) is 44.2. The van der Waals surface area contributed by atoms with Gasteiger partial charge in [0.05, 0.1) is 33.1 Å². The third-order valence-corrected chi connectivity index (χ3v) is 26.9. The van der Waals surface area contributed by atoms with Crippen molar-refractivity contribution < 1.29 is 0 Å². The number of nitrogens with one attached hydrogen (secondary N) is 3. The SMILES string of the molecule is C1=CCCC(n2c3ccccc3c3c4ccccc4c(-c4ccc5cc(-c6ccc7c(c6)[nH]c6ccccc67)ccc5c4)cc32)=C1.C=C/C=C\C(=C)n1c2ccccc2c2c3ccccc3c(-c3ccc(-c4ccc5c(c4)[nH]c4ccccc45)c4ccccc34)cc21.c1ccc(-n2c3ccccc3c3cc(-c4cc5[nH]c6ccccc6c5c5ccccc45)ccc32)cc1. The van der Waals surface area contributed by atoms with Crippen LogP contribution in [-0.4, -0.2) is 28.7 Å². The van der Waals surface area contributed by atoms with Gasteiger partial charge in [0.15, 0.2) is 0 Å². The molecule has 6 nitrogen and oxygen atoms in total. The number of aromatic amines is 3. The van der Waals surface area contributed by atoms with Crippen molar-refractivity contribution in [2.45, 2.75) is 12.8 Å². The molecular formula is C122H82N6. The van der Waals surface area contributed by atoms with Crippen LogP contribution in [-0.2, 0) is 0 Å². The fourth-order valence-corrected chi connectivity index (χ4v) is 21.2. The summed E-state index contributed by atoms with van der Waals surface area (Å²) in [6.45, 7) is 8.35. The molecule has 600 valence electrons. The molecule has 6 aromatic heterocycles. The van der Waals surface area contributed by atoms with Crippen molar-refractivity contribution in [2.24, 2.45) is 0 Å². The summed E-state index contributed by atoms with van der Waals surface area (Å²) in [6.07, 6.45) is 14.6. The van der Waals surface area contributed by atoms with E-state index in [9.17, 15) is 0 Å². The number of hydrogen-bond acceptors (Lipinski definition) is 0. The third kappa shape index (κ3) is 11.9. The van der Waals surface area contributed by atoms with Gasteiger partial charge in [-0.1, -0.05) is 329 Å². The number of benzene rings is 20. The number of hydrogen-bond donors (Lipinski definition) is 3. The maximum absolute atomic E-state index is 4.47. The van der Waals surface area contributed by atoms with Crippen LogP contribution < -0.4 is 0 Å². The Labute approximate surface area is 737 Å². The Morgan fingerprint density at radius 3 is 1.34 bits per heavy atom. The second-order valence-electron chi connectivity index (χ2n) is 34.0. The molecule has 20 aromatic carbocycles. The molecule has 27 rings (SSSR count). The molecule has 6 heteroatoms. The maximum Gasteiger partial charge on any atom is 0.0553 e. The van der Waals surface area contributed by atoms with E-state index in [0.717, 1.165) is 40.6 Å². The van der Waals surface area contributed by atoms with E-state index in [0.29, 0.717) is 0 Å². The minimum Gasteiger partial charge on any atom is -0.354 e. The second-order valence-corrected chi connectivity index (χ2v) is 34.0. The lowest BCUT2D eigenvalue weighted by Gasteiger charge is -2.16. The van der Waals surface area contributed by atoms with Crippen LogP contribution >= 0.6 is 0 Å². The number of H-pyrrole nitrogens is 3. The van der Waals surface area contributed by atoms with E-state index in [1.807, 2.05) is 12.2 Å². The Morgan fingerprint density at radius 1 is 0.266 bits per heavy atom. The maximum atomic E-state index is 4.47. The molecule has 1 aliphatic carbocycles. The van der Waals surface area contributed by atoms with Crippen molar-refractivity contribution in [3.8, 4) is 61.3 Å². The van der Waals surface area contributed by atoms with E-state index >= 15 is 0 Å². The van der Waals surface area contributed by atoms with E-state index in [2.05, 4.69) is 454 Å². The van der Waals surface area contributed by atoms with Gasteiger partial charge in [0.1, 0.15) is 0 Å². The van der Waals surface area contributed by atoms with Gasteiger partial charge in [-0.05, 0) is 238 Å². The molecule has 0 amide bonds. The topological polar surface area (TPSA) is 62.2 Å². The Kier molecular flexibility index (Phi) is 17.3. The summed E-state index contributed by atoms with van der Waals surface area (Å²) in [6, 6.07) is 144. The highest BCUT2D eigenvalue weighted by Crippen LogP contribution is 2.49. The fourth-order valence-electron chi connectivity index (χ4n) is 21.2. The molecule has 0 spiro atoms. The van der Waals surface area contributed by atoms with E-state index in [1.54, 1.807) is 6.08 Å². The van der Waals surface area contributed by atoms with Crippen molar-refractivity contribution in [1.82, 2.24) is 28.7 Å². The van der Waals surface area contributed by atoms with E-state index in [4.69, 9.17) is 0 Å². The van der Waals surface area contributed by atoms with E-state index in [-0.39, 0.29) is 0 Å². The lowest BCUT2D eigenvalue weighted by Crippen LogP contribution is -1.99. The molecule has 6 heterocycles. The molecular weight excluding hydrogens is 1550 g/mol. The number of aromatic nitrogens is 6. The predicted octanol–water partition coefficient (Wildman–Crippen LogP) is 33.8. The molecule has 0 bridgehead atoms. The quantitative estimate of drug-likeness (QED) is 0.114.